The van der Waals surface area contributed by atoms with Gasteiger partial charge >= 0.3 is 5.97 Å². The Balaban J connectivity index is 1.12. The van der Waals surface area contributed by atoms with E-state index < -0.39 is 17.8 Å². The highest BCUT2D eigenvalue weighted by atomic mass is 32.2. The summed E-state index contributed by atoms with van der Waals surface area (Å²) >= 11 is 1.31. The number of aryl methyl sites for hydroxylation is 2. The van der Waals surface area contributed by atoms with Crippen LogP contribution in [0.1, 0.15) is 27.9 Å². The molecule has 0 aromatic heterocycles. The molecule has 4 aromatic rings. The molecule has 0 saturated carbocycles. The highest BCUT2D eigenvalue weighted by Gasteiger charge is 2.40. The largest absolute Gasteiger partial charge is 0.452 e. The predicted molar refractivity (Wildman–Crippen MR) is 162 cm³/mol. The van der Waals surface area contributed by atoms with Crippen LogP contribution in [0, 0.1) is 0 Å². The van der Waals surface area contributed by atoms with Crippen LogP contribution in [0.5, 0.6) is 0 Å². The van der Waals surface area contributed by atoms with Crippen molar-refractivity contribution >= 4 is 58.2 Å². The quantitative estimate of drug-likeness (QED) is 0.188. The van der Waals surface area contributed by atoms with Gasteiger partial charge in [0, 0.05) is 17.0 Å². The fourth-order valence-corrected chi connectivity index (χ4v) is 6.30. The Morgan fingerprint density at radius 3 is 2.02 bits per heavy atom. The number of carbonyl (C=O) groups excluding carboxylic acids is 4. The second kappa shape index (κ2) is 11.5. The van der Waals surface area contributed by atoms with Crippen LogP contribution >= 0.6 is 11.8 Å². The third kappa shape index (κ3) is 5.38. The number of hydrogen-bond acceptors (Lipinski definition) is 7. The number of rotatable bonds is 6. The third-order valence-electron chi connectivity index (χ3n) is 7.33. The first-order chi connectivity index (χ1) is 20.4. The summed E-state index contributed by atoms with van der Waals surface area (Å²) in [4.78, 5) is 55.7. The minimum absolute atomic E-state index is 0.0720. The van der Waals surface area contributed by atoms with Crippen molar-refractivity contribution in [3.63, 3.8) is 0 Å². The molecule has 2 heterocycles. The van der Waals surface area contributed by atoms with E-state index in [4.69, 9.17) is 10.5 Å². The van der Waals surface area contributed by atoms with Gasteiger partial charge in [-0.3, -0.25) is 19.3 Å². The molecular formula is C33H27N3O5S. The summed E-state index contributed by atoms with van der Waals surface area (Å²) < 4.78 is 5.42. The van der Waals surface area contributed by atoms with Gasteiger partial charge in [-0.25, -0.2) is 9.69 Å². The van der Waals surface area contributed by atoms with E-state index in [0.717, 1.165) is 45.1 Å². The standard InChI is InChI=1S/C33H27N3O5S/c34-24-13-17-26(18-14-24)42-29-19-30(37)35(32(29)39)25-15-11-23(12-16-25)33(40)41-20-31(38)36-27-7-3-1-5-21(27)9-10-22-6-2-4-8-28(22)36/h1-8,11-18,29H,9-10,19-20,34H2/t29-/m1/s1. The number of hydrogen-bond donors (Lipinski definition) is 1. The van der Waals surface area contributed by atoms with Crippen LogP contribution in [0.2, 0.25) is 0 Å². The molecule has 4 aromatic carbocycles. The number of anilines is 4. The van der Waals surface area contributed by atoms with Crippen molar-refractivity contribution in [3.05, 3.63) is 114 Å². The Bertz CT molecular complexity index is 1640. The van der Waals surface area contributed by atoms with Crippen molar-refractivity contribution in [1.82, 2.24) is 0 Å². The topological polar surface area (TPSA) is 110 Å². The first-order valence-electron chi connectivity index (χ1n) is 13.5. The van der Waals surface area contributed by atoms with Crippen LogP contribution in [0.4, 0.5) is 22.7 Å². The molecule has 0 bridgehead atoms. The van der Waals surface area contributed by atoms with Crippen molar-refractivity contribution in [2.75, 3.05) is 22.1 Å². The van der Waals surface area contributed by atoms with Crippen molar-refractivity contribution in [2.24, 2.45) is 0 Å². The monoisotopic (exact) mass is 577 g/mol. The van der Waals surface area contributed by atoms with Crippen LogP contribution in [-0.2, 0) is 32.0 Å². The summed E-state index contributed by atoms with van der Waals surface area (Å²) in [5.74, 6) is -1.67. The molecule has 6 rings (SSSR count). The lowest BCUT2D eigenvalue weighted by atomic mass is 10.0. The van der Waals surface area contributed by atoms with E-state index in [1.54, 1.807) is 17.0 Å². The maximum atomic E-state index is 13.4. The molecule has 0 aliphatic carbocycles. The zero-order valence-corrected chi connectivity index (χ0v) is 23.4. The molecule has 9 heteroatoms. The first kappa shape index (κ1) is 27.3. The van der Waals surface area contributed by atoms with Gasteiger partial charge in [0.1, 0.15) is 0 Å². The van der Waals surface area contributed by atoms with Gasteiger partial charge in [-0.1, -0.05) is 36.4 Å². The number of amides is 3. The smallest absolute Gasteiger partial charge is 0.338 e. The van der Waals surface area contributed by atoms with Gasteiger partial charge in [0.2, 0.25) is 11.8 Å². The van der Waals surface area contributed by atoms with E-state index in [1.165, 1.54) is 36.0 Å². The molecule has 42 heavy (non-hydrogen) atoms. The summed E-state index contributed by atoms with van der Waals surface area (Å²) in [5.41, 5.74) is 10.6. The number of imide groups is 1. The molecule has 0 radical (unpaired) electrons. The number of nitrogens with two attached hydrogens (primary N) is 1. The van der Waals surface area contributed by atoms with Gasteiger partial charge in [-0.05, 0) is 84.6 Å². The number of benzene rings is 4. The van der Waals surface area contributed by atoms with Crippen molar-refractivity contribution in [2.45, 2.75) is 29.4 Å². The average Bonchev–Trinajstić information content (AvgIpc) is 3.18. The van der Waals surface area contributed by atoms with E-state index in [-0.39, 0.29) is 29.7 Å². The molecule has 1 atom stereocenters. The Kier molecular flexibility index (Phi) is 7.50. The van der Waals surface area contributed by atoms with Crippen molar-refractivity contribution < 1.29 is 23.9 Å². The van der Waals surface area contributed by atoms with Gasteiger partial charge in [0.05, 0.1) is 27.9 Å². The molecule has 1 fully saturated rings. The molecule has 0 spiro atoms. The SMILES string of the molecule is Nc1ccc(S[C@@H]2CC(=O)N(c3ccc(C(=O)OCC(=O)N4c5ccccc5CCc5ccccc54)cc3)C2=O)cc1. The van der Waals surface area contributed by atoms with E-state index in [2.05, 4.69) is 0 Å². The molecule has 2 aliphatic heterocycles. The predicted octanol–water partition coefficient (Wildman–Crippen LogP) is 5.31. The number of fused-ring (bicyclic) bond motifs is 2. The second-order valence-electron chi connectivity index (χ2n) is 10.1. The maximum Gasteiger partial charge on any atom is 0.338 e. The number of esters is 1. The Labute approximate surface area is 247 Å². The normalized spacial score (nSPS) is 16.0. The van der Waals surface area contributed by atoms with E-state index in [1.807, 2.05) is 60.7 Å². The number of carbonyl (C=O) groups is 4. The number of ether oxygens (including phenoxy) is 1. The van der Waals surface area contributed by atoms with E-state index in [0.29, 0.717) is 11.4 Å². The molecule has 2 aliphatic rings. The molecule has 210 valence electrons. The van der Waals surface area contributed by atoms with Gasteiger partial charge in [-0.15, -0.1) is 11.8 Å². The lowest BCUT2D eigenvalue weighted by Crippen LogP contribution is -2.31. The highest BCUT2D eigenvalue weighted by molar-refractivity contribution is 8.00. The highest BCUT2D eigenvalue weighted by Crippen LogP contribution is 2.37. The van der Waals surface area contributed by atoms with Crippen molar-refractivity contribution in [3.8, 4) is 0 Å². The Morgan fingerprint density at radius 2 is 1.40 bits per heavy atom. The van der Waals surface area contributed by atoms with Crippen LogP contribution in [0.3, 0.4) is 0 Å². The van der Waals surface area contributed by atoms with Gasteiger partial charge < -0.3 is 10.5 Å². The summed E-state index contributed by atoms with van der Waals surface area (Å²) in [6.07, 6.45) is 1.67. The minimum atomic E-state index is -0.679. The van der Waals surface area contributed by atoms with Gasteiger partial charge in [0.15, 0.2) is 6.61 Å². The Hall–Kier alpha value is -4.89. The average molecular weight is 578 g/mol. The lowest BCUT2D eigenvalue weighted by Gasteiger charge is -2.24. The molecule has 0 unspecified atom stereocenters. The number of thioether (sulfide) groups is 1. The fraction of sp³-hybridized carbons (Fsp3) is 0.152. The lowest BCUT2D eigenvalue weighted by molar-refractivity contribution is -0.122. The van der Waals surface area contributed by atoms with Crippen molar-refractivity contribution in [1.29, 1.82) is 0 Å². The molecular weight excluding hydrogens is 550 g/mol. The third-order valence-corrected chi connectivity index (χ3v) is 8.53. The maximum absolute atomic E-state index is 13.4. The molecule has 2 N–H and O–H groups in total. The van der Waals surface area contributed by atoms with Gasteiger partial charge in [-0.2, -0.15) is 0 Å². The molecule has 8 nitrogen and oxygen atoms in total. The van der Waals surface area contributed by atoms with Crippen LogP contribution in [-0.4, -0.2) is 35.5 Å². The van der Waals surface area contributed by atoms with Crippen LogP contribution < -0.4 is 15.5 Å². The first-order valence-corrected chi connectivity index (χ1v) is 14.4. The summed E-state index contributed by atoms with van der Waals surface area (Å²) in [6, 6.07) is 28.6. The van der Waals surface area contributed by atoms with Gasteiger partial charge in [0.25, 0.3) is 5.91 Å². The zero-order chi connectivity index (χ0) is 29.2. The minimum Gasteiger partial charge on any atom is -0.452 e. The zero-order valence-electron chi connectivity index (χ0n) is 22.6. The summed E-state index contributed by atoms with van der Waals surface area (Å²) in [7, 11) is 0. The summed E-state index contributed by atoms with van der Waals surface area (Å²) in [6.45, 7) is -0.448. The fourth-order valence-electron chi connectivity index (χ4n) is 5.25. The van der Waals surface area contributed by atoms with Crippen LogP contribution in [0.25, 0.3) is 0 Å². The summed E-state index contributed by atoms with van der Waals surface area (Å²) in [5, 5.41) is -0.550. The number of para-hydroxylation sites is 2. The number of nitrogens with zero attached hydrogens (tertiary/aromatic N) is 2. The molecule has 1 saturated heterocycles. The number of nitrogen functional groups attached to an aromatic ring is 1. The second-order valence-corrected chi connectivity index (χ2v) is 11.3. The Morgan fingerprint density at radius 1 is 0.810 bits per heavy atom. The van der Waals surface area contributed by atoms with Crippen LogP contribution in [0.15, 0.2) is 102 Å². The van der Waals surface area contributed by atoms with E-state index >= 15 is 0 Å². The van der Waals surface area contributed by atoms with E-state index in [9.17, 15) is 19.2 Å². The molecule has 3 amide bonds.